The van der Waals surface area contributed by atoms with E-state index in [1.165, 1.54) is 21.3 Å². The third-order valence-electron chi connectivity index (χ3n) is 13.4. The smallest absolute Gasteiger partial charge is 0.407 e. The van der Waals surface area contributed by atoms with E-state index in [2.05, 4.69) is 50.9 Å². The van der Waals surface area contributed by atoms with Gasteiger partial charge in [0.1, 0.15) is 36.1 Å². The Morgan fingerprint density at radius 2 is 1.66 bits per heavy atom. The number of likely N-dealkylation sites (tertiary alicyclic amines) is 2. The fourth-order valence-electron chi connectivity index (χ4n) is 9.60. The van der Waals surface area contributed by atoms with Crippen LogP contribution in [0.4, 0.5) is 9.59 Å². The lowest BCUT2D eigenvalue weighted by Crippen LogP contribution is -2.54. The third-order valence-corrected chi connectivity index (χ3v) is 13.4. The number of aromatic nitrogens is 4. The van der Waals surface area contributed by atoms with Crippen LogP contribution >= 0.6 is 0 Å². The Kier molecular flexibility index (Phi) is 12.8. The topological polar surface area (TPSA) is 202 Å². The Balaban J connectivity index is 1.05. The molecule has 0 aliphatic carbocycles. The summed E-state index contributed by atoms with van der Waals surface area (Å²) in [4.78, 5) is 73.2. The van der Waals surface area contributed by atoms with Crippen molar-refractivity contribution in [2.45, 2.75) is 96.3 Å². The maximum Gasteiger partial charge on any atom is 0.407 e. The number of carbonyl (C=O) groups is 4. The van der Waals surface area contributed by atoms with Crippen LogP contribution in [0.5, 0.6) is 5.75 Å². The van der Waals surface area contributed by atoms with Crippen molar-refractivity contribution in [2.24, 2.45) is 11.8 Å². The molecule has 8 atom stereocenters. The molecule has 340 valence electrons. The Bertz CT molecular complexity index is 2560. The number of hydrogen-bond acceptors (Lipinski definition) is 11. The number of rotatable bonds is 13. The summed E-state index contributed by atoms with van der Waals surface area (Å²) in [5.74, 6) is 1.62. The molecule has 2 saturated heterocycles. The minimum atomic E-state index is -0.971. The molecule has 5 heterocycles. The lowest BCUT2D eigenvalue weighted by atomic mass is 9.92. The minimum Gasteiger partial charge on any atom is -0.488 e. The number of hydrogen-bond donors (Lipinski definition) is 4. The molecule has 4 amide bonds. The number of amides is 4. The fourth-order valence-corrected chi connectivity index (χ4v) is 9.60. The lowest BCUT2D eigenvalue weighted by Gasteiger charge is -2.33. The van der Waals surface area contributed by atoms with Crippen LogP contribution in [0.25, 0.3) is 44.2 Å². The van der Waals surface area contributed by atoms with E-state index in [1.54, 1.807) is 18.9 Å². The molecule has 5 aromatic rings. The molecule has 64 heavy (non-hydrogen) atoms. The van der Waals surface area contributed by atoms with Crippen molar-refractivity contribution in [1.29, 1.82) is 0 Å². The zero-order valence-electron chi connectivity index (χ0n) is 37.7. The first-order chi connectivity index (χ1) is 30.9. The van der Waals surface area contributed by atoms with E-state index < -0.39 is 36.4 Å². The maximum absolute atomic E-state index is 14.1. The number of benzene rings is 3. The molecule has 17 nitrogen and oxygen atoms in total. The highest BCUT2D eigenvalue weighted by Crippen LogP contribution is 2.44. The van der Waals surface area contributed by atoms with Crippen LogP contribution < -0.4 is 15.4 Å². The first-order valence-electron chi connectivity index (χ1n) is 22.0. The molecule has 2 fully saturated rings. The van der Waals surface area contributed by atoms with Gasteiger partial charge < -0.3 is 54.1 Å². The molecular formula is C47H58N8O9. The minimum absolute atomic E-state index is 0.0241. The van der Waals surface area contributed by atoms with Gasteiger partial charge in [-0.05, 0) is 85.4 Å². The Morgan fingerprint density at radius 1 is 0.891 bits per heavy atom. The van der Waals surface area contributed by atoms with Gasteiger partial charge in [0, 0.05) is 43.7 Å². The highest BCUT2D eigenvalue weighted by molar-refractivity contribution is 6.07. The molecule has 3 aliphatic heterocycles. The SMILES string of the molecule is CC[C@H](C)C(NC(=O)OC)C(=O)N1[C@@H](C)CC[C@H]1c1ncc(-c2ccc3c(c2)COc2cc4c(ccc5[nH]c([C@@H]6C[C@H](COC)CN6C(=O)C(NC(=O)OC)[C@@H](C)OC)nc54)cc2-3)[nH]1. The normalized spacial score (nSPS) is 21.1. The fraction of sp³-hybridized carbons (Fsp3) is 0.489. The lowest BCUT2D eigenvalue weighted by molar-refractivity contribution is -0.138. The molecule has 0 saturated carbocycles. The van der Waals surface area contributed by atoms with Crippen molar-refractivity contribution >= 4 is 45.8 Å². The van der Waals surface area contributed by atoms with Crippen LogP contribution in [0.2, 0.25) is 0 Å². The third kappa shape index (κ3) is 8.33. The van der Waals surface area contributed by atoms with Crippen LogP contribution in [0.15, 0.2) is 48.7 Å². The van der Waals surface area contributed by atoms with E-state index in [0.717, 1.165) is 68.3 Å². The summed E-state index contributed by atoms with van der Waals surface area (Å²) in [6.45, 7) is 8.97. The number of aromatic amines is 2. The Morgan fingerprint density at radius 3 is 2.38 bits per heavy atom. The highest BCUT2D eigenvalue weighted by atomic mass is 16.5. The Labute approximate surface area is 371 Å². The summed E-state index contributed by atoms with van der Waals surface area (Å²) in [5.41, 5.74) is 6.43. The second kappa shape index (κ2) is 18.5. The van der Waals surface area contributed by atoms with Crippen LogP contribution in [0, 0.1) is 11.8 Å². The second-order valence-electron chi connectivity index (χ2n) is 17.3. The second-order valence-corrected chi connectivity index (χ2v) is 17.3. The van der Waals surface area contributed by atoms with Crippen LogP contribution in [-0.2, 0) is 35.1 Å². The van der Waals surface area contributed by atoms with E-state index in [4.69, 9.17) is 33.7 Å². The van der Waals surface area contributed by atoms with Gasteiger partial charge in [-0.3, -0.25) is 9.59 Å². The van der Waals surface area contributed by atoms with Gasteiger partial charge in [0.15, 0.2) is 0 Å². The largest absolute Gasteiger partial charge is 0.488 e. The molecule has 4 N–H and O–H groups in total. The Hall–Kier alpha value is -6.20. The van der Waals surface area contributed by atoms with Gasteiger partial charge in [-0.15, -0.1) is 0 Å². The van der Waals surface area contributed by atoms with Crippen molar-refractivity contribution in [2.75, 3.05) is 41.6 Å². The van der Waals surface area contributed by atoms with Crippen molar-refractivity contribution in [1.82, 2.24) is 40.4 Å². The van der Waals surface area contributed by atoms with Crippen molar-refractivity contribution in [3.05, 3.63) is 65.9 Å². The summed E-state index contributed by atoms with van der Waals surface area (Å²) >= 11 is 0. The van der Waals surface area contributed by atoms with Crippen molar-refractivity contribution < 1.29 is 42.9 Å². The van der Waals surface area contributed by atoms with Gasteiger partial charge in [0.25, 0.3) is 0 Å². The van der Waals surface area contributed by atoms with E-state index in [-0.39, 0.29) is 35.7 Å². The number of ether oxygens (including phenoxy) is 5. The number of H-pyrrole nitrogens is 2. The molecular weight excluding hydrogens is 821 g/mol. The molecule has 0 bridgehead atoms. The van der Waals surface area contributed by atoms with Crippen molar-refractivity contribution in [3.63, 3.8) is 0 Å². The number of alkyl carbamates (subject to hydrolysis) is 2. The van der Waals surface area contributed by atoms with E-state index in [1.807, 2.05) is 44.0 Å². The average Bonchev–Trinajstić information content (AvgIpc) is 4.14. The van der Waals surface area contributed by atoms with Gasteiger partial charge in [0.2, 0.25) is 11.8 Å². The quantitative estimate of drug-likeness (QED) is 0.0971. The molecule has 0 spiro atoms. The monoisotopic (exact) mass is 878 g/mol. The number of nitrogens with one attached hydrogen (secondary N) is 4. The molecule has 2 unspecified atom stereocenters. The first kappa shape index (κ1) is 44.4. The summed E-state index contributed by atoms with van der Waals surface area (Å²) in [7, 11) is 5.69. The van der Waals surface area contributed by atoms with Gasteiger partial charge >= 0.3 is 12.2 Å². The number of fused-ring (bicyclic) bond motifs is 6. The van der Waals surface area contributed by atoms with Crippen LogP contribution in [0.1, 0.15) is 82.7 Å². The predicted octanol–water partition coefficient (Wildman–Crippen LogP) is 6.78. The number of carbonyl (C=O) groups excluding carboxylic acids is 4. The van der Waals surface area contributed by atoms with E-state index in [9.17, 15) is 19.2 Å². The summed E-state index contributed by atoms with van der Waals surface area (Å²) in [6.07, 6.45) is 2.75. The molecule has 8 rings (SSSR count). The standard InChI is InChI=1S/C47H58N8O9/c1-9-24(2)39(52-46(58)62-7)45(57)55-25(3)10-15-36(55)42-48-20-35(50-42)29-11-13-31-30(17-29)23-64-38-19-32-28(18-33(31)38)12-14-34-41(32)51-43(49-34)37-16-27(22-60-5)21-54(37)44(56)40(26(4)61-6)53-47(59)63-8/h11-14,17-20,24-27,36-37,39-40H,9-10,15-16,21-23H2,1-8H3,(H,48,50)(H,49,51)(H,52,58)(H,53,59)/t24-,25-,26+,27-,36-,37-,39?,40?/m0/s1. The number of methoxy groups -OCH3 is 4. The van der Waals surface area contributed by atoms with Gasteiger partial charge in [-0.25, -0.2) is 19.6 Å². The number of imidazole rings is 2. The van der Waals surface area contributed by atoms with Crippen LogP contribution in [0.3, 0.4) is 0 Å². The van der Waals surface area contributed by atoms with Crippen LogP contribution in [-0.4, -0.2) is 120 Å². The van der Waals surface area contributed by atoms with Gasteiger partial charge in [0.05, 0.1) is 61.9 Å². The van der Waals surface area contributed by atoms with Crippen molar-refractivity contribution in [3.8, 4) is 28.1 Å². The molecule has 17 heteroatoms. The highest BCUT2D eigenvalue weighted by Gasteiger charge is 2.44. The summed E-state index contributed by atoms with van der Waals surface area (Å²) in [5, 5.41) is 7.33. The van der Waals surface area contributed by atoms with Gasteiger partial charge in [-0.2, -0.15) is 0 Å². The maximum atomic E-state index is 14.1. The predicted molar refractivity (Wildman–Crippen MR) is 238 cm³/mol. The average molecular weight is 879 g/mol. The molecule has 3 aliphatic rings. The summed E-state index contributed by atoms with van der Waals surface area (Å²) < 4.78 is 27.1. The molecule has 2 aromatic heterocycles. The van der Waals surface area contributed by atoms with E-state index >= 15 is 0 Å². The number of nitrogens with zero attached hydrogens (tertiary/aromatic N) is 4. The molecule has 3 aromatic carbocycles. The van der Waals surface area contributed by atoms with Gasteiger partial charge in [-0.1, -0.05) is 38.5 Å². The zero-order chi connectivity index (χ0) is 45.4. The summed E-state index contributed by atoms with van der Waals surface area (Å²) in [6, 6.07) is 12.2. The first-order valence-corrected chi connectivity index (χ1v) is 22.0. The zero-order valence-corrected chi connectivity index (χ0v) is 37.7. The van der Waals surface area contributed by atoms with E-state index in [0.29, 0.717) is 44.2 Å². The molecule has 0 radical (unpaired) electrons.